The number of fused-ring (bicyclic) bond motifs is 3. The fourth-order valence-electron chi connectivity index (χ4n) is 7.83. The van der Waals surface area contributed by atoms with Gasteiger partial charge in [0.1, 0.15) is 0 Å². The predicted molar refractivity (Wildman–Crippen MR) is 192 cm³/mol. The summed E-state index contributed by atoms with van der Waals surface area (Å²) in [4.78, 5) is 59.1. The van der Waals surface area contributed by atoms with Crippen LogP contribution in [0.4, 0.5) is 17.1 Å². The molecule has 0 atom stereocenters. The number of hydrogen-bond acceptors (Lipinski definition) is 7. The third-order valence-corrected chi connectivity index (χ3v) is 10.5. The normalized spacial score (nSPS) is 14.5. The van der Waals surface area contributed by atoms with Gasteiger partial charge in [0, 0.05) is 65.6 Å². The number of hydrogen-bond donors (Lipinski definition) is 3. The van der Waals surface area contributed by atoms with Crippen LogP contribution in [-0.2, 0) is 0 Å². The maximum absolute atomic E-state index is 14.2. The number of carbonyl (C=O) groups is 4. The van der Waals surface area contributed by atoms with Crippen molar-refractivity contribution in [2.24, 2.45) is 0 Å². The van der Waals surface area contributed by atoms with Gasteiger partial charge in [0.15, 0.2) is 0 Å². The molecule has 11 heteroatoms. The summed E-state index contributed by atoms with van der Waals surface area (Å²) >= 11 is 3.75. The van der Waals surface area contributed by atoms with Crippen LogP contribution in [0.1, 0.15) is 47.0 Å². The lowest BCUT2D eigenvalue weighted by molar-refractivity contribution is 0.0878. The standard InChI is InChI=1S/C38H19BrN6O4/c39-25-13-22-32-21(37(48)44(38(22)49)28-5-1-3-26(41)23(28)14-40)11-8-17-16-7-10-19-31-20(12-9-18(30(16)31)33(25)34(17)32)36(47)45(35(19)46)29-6-2-4-27-24(29)15-42-43-27/h1-15,40H,41H2,(H,42,43). The van der Waals surface area contributed by atoms with Gasteiger partial charge in [-0.15, -0.1) is 0 Å². The summed E-state index contributed by atoms with van der Waals surface area (Å²) in [6, 6.07) is 22.7. The first kappa shape index (κ1) is 27.6. The fourth-order valence-corrected chi connectivity index (χ4v) is 8.47. The number of nitrogens with two attached hydrogens (primary N) is 1. The average molecular weight is 704 g/mol. The number of nitrogen functional groups attached to an aromatic ring is 1. The minimum atomic E-state index is -0.532. The van der Waals surface area contributed by atoms with Gasteiger partial charge in [0.25, 0.3) is 23.6 Å². The second kappa shape index (κ2) is 9.33. The molecule has 2 aliphatic rings. The number of aromatic amines is 1. The first-order chi connectivity index (χ1) is 23.8. The third kappa shape index (κ3) is 3.29. The highest BCUT2D eigenvalue weighted by Crippen LogP contribution is 2.49. The molecule has 0 spiro atoms. The van der Waals surface area contributed by atoms with Gasteiger partial charge in [-0.05, 0) is 70.1 Å². The molecule has 7 aromatic carbocycles. The highest BCUT2D eigenvalue weighted by Gasteiger charge is 2.39. The number of nitrogens with one attached hydrogen (secondary N) is 2. The molecule has 0 aliphatic carbocycles. The Morgan fingerprint density at radius 2 is 1.20 bits per heavy atom. The van der Waals surface area contributed by atoms with E-state index in [9.17, 15) is 19.2 Å². The van der Waals surface area contributed by atoms with Gasteiger partial charge >= 0.3 is 0 Å². The number of H-pyrrole nitrogens is 1. The van der Waals surface area contributed by atoms with Gasteiger partial charge in [-0.3, -0.25) is 24.3 Å². The summed E-state index contributed by atoms with van der Waals surface area (Å²) in [5.41, 5.74) is 9.51. The van der Waals surface area contributed by atoms with E-state index >= 15 is 0 Å². The number of imide groups is 2. The molecular formula is C38H19BrN6O4. The maximum atomic E-state index is 14.2. The number of rotatable bonds is 3. The molecule has 49 heavy (non-hydrogen) atoms. The molecule has 0 bridgehead atoms. The zero-order chi connectivity index (χ0) is 33.5. The molecule has 10 nitrogen and oxygen atoms in total. The highest BCUT2D eigenvalue weighted by atomic mass is 79.9. The van der Waals surface area contributed by atoms with Crippen molar-refractivity contribution in [2.75, 3.05) is 15.5 Å². The van der Waals surface area contributed by atoms with Crippen LogP contribution in [0.15, 0.2) is 89.5 Å². The summed E-state index contributed by atoms with van der Waals surface area (Å²) in [6.07, 6.45) is 2.64. The van der Waals surface area contributed by atoms with Crippen LogP contribution < -0.4 is 15.5 Å². The molecular weight excluding hydrogens is 684 g/mol. The Morgan fingerprint density at radius 1 is 0.633 bits per heavy atom. The zero-order valence-electron chi connectivity index (χ0n) is 25.1. The number of benzene rings is 7. The second-order valence-electron chi connectivity index (χ2n) is 12.2. The predicted octanol–water partition coefficient (Wildman–Crippen LogP) is 7.56. The van der Waals surface area contributed by atoms with E-state index in [1.54, 1.807) is 60.8 Å². The summed E-state index contributed by atoms with van der Waals surface area (Å²) in [5.74, 6) is -1.93. The van der Waals surface area contributed by atoms with E-state index in [0.29, 0.717) is 54.1 Å². The molecule has 0 unspecified atom stereocenters. The van der Waals surface area contributed by atoms with Crippen molar-refractivity contribution >= 4 is 117 Å². The molecule has 232 valence electrons. The quantitative estimate of drug-likeness (QED) is 0.0568. The van der Waals surface area contributed by atoms with Crippen molar-refractivity contribution in [3.8, 4) is 0 Å². The smallest absolute Gasteiger partial charge is 0.266 e. The molecule has 3 heterocycles. The van der Waals surface area contributed by atoms with E-state index < -0.39 is 23.6 Å². The Hall–Kier alpha value is -6.46. The van der Waals surface area contributed by atoms with E-state index in [2.05, 4.69) is 26.1 Å². The number of anilines is 3. The number of aromatic nitrogens is 2. The van der Waals surface area contributed by atoms with Crippen LogP contribution in [0.5, 0.6) is 0 Å². The van der Waals surface area contributed by atoms with Gasteiger partial charge in [-0.25, -0.2) is 9.80 Å². The van der Waals surface area contributed by atoms with E-state index in [1.807, 2.05) is 24.3 Å². The summed E-state index contributed by atoms with van der Waals surface area (Å²) in [7, 11) is 0. The summed E-state index contributed by atoms with van der Waals surface area (Å²) in [5, 5.41) is 21.2. The molecule has 8 aromatic rings. The van der Waals surface area contributed by atoms with Gasteiger partial charge in [0.05, 0.1) is 28.7 Å². The SMILES string of the molecule is N=Cc1c(N)cccc1N1C(=O)c2ccc3c4ccc5c6c(ccc(c7c(Br)cc(c2c37)C1=O)c64)C(=O)N(c1cccc2[nH]ncc12)C5=O. The largest absolute Gasteiger partial charge is 0.398 e. The Labute approximate surface area is 283 Å². The summed E-state index contributed by atoms with van der Waals surface area (Å²) < 4.78 is 0.615. The molecule has 2 aliphatic heterocycles. The van der Waals surface area contributed by atoms with Crippen LogP contribution in [0.25, 0.3) is 54.0 Å². The minimum Gasteiger partial charge on any atom is -0.398 e. The van der Waals surface area contributed by atoms with Gasteiger partial charge in [-0.2, -0.15) is 5.10 Å². The van der Waals surface area contributed by atoms with E-state index in [1.165, 1.54) is 4.90 Å². The monoisotopic (exact) mass is 702 g/mol. The Morgan fingerprint density at radius 3 is 1.90 bits per heavy atom. The van der Waals surface area contributed by atoms with Gasteiger partial charge < -0.3 is 11.1 Å². The number of nitrogens with zero attached hydrogens (tertiary/aromatic N) is 3. The van der Waals surface area contributed by atoms with Crippen molar-refractivity contribution in [1.82, 2.24) is 10.2 Å². The average Bonchev–Trinajstić information content (AvgIpc) is 3.59. The van der Waals surface area contributed by atoms with Crippen LogP contribution in [0.3, 0.4) is 0 Å². The maximum Gasteiger partial charge on any atom is 0.266 e. The van der Waals surface area contributed by atoms with Gasteiger partial charge in [0.2, 0.25) is 0 Å². The molecule has 10 rings (SSSR count). The van der Waals surface area contributed by atoms with Crippen LogP contribution >= 0.6 is 15.9 Å². The van der Waals surface area contributed by atoms with Crippen molar-refractivity contribution in [3.05, 3.63) is 117 Å². The number of amides is 4. The zero-order valence-corrected chi connectivity index (χ0v) is 26.7. The molecule has 0 fully saturated rings. The van der Waals surface area contributed by atoms with Crippen LogP contribution in [0, 0.1) is 5.41 Å². The van der Waals surface area contributed by atoms with Crippen molar-refractivity contribution in [1.29, 1.82) is 5.41 Å². The number of carbonyl (C=O) groups excluding carboxylic acids is 4. The Bertz CT molecular complexity index is 2910. The van der Waals surface area contributed by atoms with Crippen molar-refractivity contribution in [3.63, 3.8) is 0 Å². The third-order valence-electron chi connectivity index (χ3n) is 9.89. The van der Waals surface area contributed by atoms with Crippen LogP contribution in [-0.4, -0.2) is 40.0 Å². The van der Waals surface area contributed by atoms with Gasteiger partial charge in [-0.1, -0.05) is 46.3 Å². The Balaban J connectivity index is 1.25. The van der Waals surface area contributed by atoms with Crippen molar-refractivity contribution < 1.29 is 19.2 Å². The molecule has 0 saturated carbocycles. The molecule has 1 aromatic heterocycles. The van der Waals surface area contributed by atoms with Crippen LogP contribution in [0.2, 0.25) is 0 Å². The lowest BCUT2D eigenvalue weighted by Crippen LogP contribution is -2.41. The molecule has 0 radical (unpaired) electrons. The second-order valence-corrected chi connectivity index (χ2v) is 13.0. The summed E-state index contributed by atoms with van der Waals surface area (Å²) in [6.45, 7) is 0. The lowest BCUT2D eigenvalue weighted by atomic mass is 9.82. The number of halogens is 1. The minimum absolute atomic E-state index is 0.234. The molecule has 4 amide bonds. The van der Waals surface area contributed by atoms with E-state index in [-0.39, 0.29) is 16.9 Å². The Kier molecular flexibility index (Phi) is 5.26. The topological polar surface area (TPSA) is 153 Å². The fraction of sp³-hybridized carbons (Fsp3) is 0. The first-order valence-corrected chi connectivity index (χ1v) is 16.1. The van der Waals surface area contributed by atoms with Crippen molar-refractivity contribution in [2.45, 2.75) is 0 Å². The molecule has 4 N–H and O–H groups in total. The highest BCUT2D eigenvalue weighted by molar-refractivity contribution is 9.10. The molecule has 0 saturated heterocycles. The van der Waals surface area contributed by atoms with E-state index in [4.69, 9.17) is 11.1 Å². The lowest BCUT2D eigenvalue weighted by Gasteiger charge is -2.31. The first-order valence-electron chi connectivity index (χ1n) is 15.3. The van der Waals surface area contributed by atoms with E-state index in [0.717, 1.165) is 43.4 Å².